The largest absolute Gasteiger partial charge is 0.465 e. The molecule has 1 aromatic heterocycles. The molecule has 0 bridgehead atoms. The van der Waals surface area contributed by atoms with E-state index in [4.69, 9.17) is 0 Å². The van der Waals surface area contributed by atoms with Gasteiger partial charge in [-0.05, 0) is 30.7 Å². The standard InChI is InChI=1S/C16H15FN2O3/c1-10(11-3-5-14(17)6-4-11)19-15(20)12-7-13(9-18-8-12)16(21)22-2/h3-10H,1-2H3,(H,19,20). The second kappa shape index (κ2) is 6.80. The normalized spacial score (nSPS) is 11.6. The van der Waals surface area contributed by atoms with Crippen LogP contribution in [0.2, 0.25) is 0 Å². The summed E-state index contributed by atoms with van der Waals surface area (Å²) in [4.78, 5) is 27.5. The summed E-state index contributed by atoms with van der Waals surface area (Å²) >= 11 is 0. The molecule has 0 aliphatic carbocycles. The van der Waals surface area contributed by atoms with Gasteiger partial charge in [-0.1, -0.05) is 12.1 Å². The summed E-state index contributed by atoms with van der Waals surface area (Å²) in [6.07, 6.45) is 2.69. The Morgan fingerprint density at radius 2 is 1.82 bits per heavy atom. The first kappa shape index (κ1) is 15.6. The molecule has 6 heteroatoms. The van der Waals surface area contributed by atoms with Crippen molar-refractivity contribution in [1.29, 1.82) is 0 Å². The Bertz CT molecular complexity index is 686. The molecule has 0 spiro atoms. The maximum absolute atomic E-state index is 12.9. The van der Waals surface area contributed by atoms with E-state index in [9.17, 15) is 14.0 Å². The van der Waals surface area contributed by atoms with Crippen molar-refractivity contribution in [3.8, 4) is 0 Å². The van der Waals surface area contributed by atoms with Gasteiger partial charge >= 0.3 is 5.97 Å². The average molecular weight is 302 g/mol. The molecular formula is C16H15FN2O3. The number of aromatic nitrogens is 1. The van der Waals surface area contributed by atoms with E-state index in [1.165, 1.54) is 37.7 Å². The highest BCUT2D eigenvalue weighted by molar-refractivity contribution is 5.97. The van der Waals surface area contributed by atoms with E-state index in [2.05, 4.69) is 15.0 Å². The van der Waals surface area contributed by atoms with Gasteiger partial charge in [0, 0.05) is 12.4 Å². The minimum absolute atomic E-state index is 0.199. The van der Waals surface area contributed by atoms with Gasteiger partial charge in [0.25, 0.3) is 5.91 Å². The van der Waals surface area contributed by atoms with Crippen LogP contribution in [0.5, 0.6) is 0 Å². The fraction of sp³-hybridized carbons (Fsp3) is 0.188. The van der Waals surface area contributed by atoms with Crippen LogP contribution in [0.4, 0.5) is 4.39 Å². The van der Waals surface area contributed by atoms with Gasteiger partial charge in [0.2, 0.25) is 0 Å². The van der Waals surface area contributed by atoms with Crippen LogP contribution in [0.3, 0.4) is 0 Å². The molecule has 0 fully saturated rings. The number of carbonyl (C=O) groups is 2. The van der Waals surface area contributed by atoms with Gasteiger partial charge in [0.05, 0.1) is 24.3 Å². The molecule has 1 heterocycles. The molecule has 0 radical (unpaired) electrons. The first-order chi connectivity index (χ1) is 10.5. The van der Waals surface area contributed by atoms with Crippen LogP contribution in [0, 0.1) is 5.82 Å². The topological polar surface area (TPSA) is 68.3 Å². The number of hydrogen-bond donors (Lipinski definition) is 1. The van der Waals surface area contributed by atoms with Gasteiger partial charge in [0.15, 0.2) is 0 Å². The summed E-state index contributed by atoms with van der Waals surface area (Å²) in [6.45, 7) is 1.78. The molecule has 1 N–H and O–H groups in total. The minimum Gasteiger partial charge on any atom is -0.465 e. The molecule has 0 aliphatic rings. The molecule has 0 saturated heterocycles. The highest BCUT2D eigenvalue weighted by atomic mass is 19.1. The Balaban J connectivity index is 2.11. The first-order valence-corrected chi connectivity index (χ1v) is 6.61. The molecule has 2 aromatic rings. The molecule has 2 rings (SSSR count). The number of rotatable bonds is 4. The number of nitrogens with zero attached hydrogens (tertiary/aromatic N) is 1. The van der Waals surface area contributed by atoms with Crippen LogP contribution < -0.4 is 5.32 Å². The summed E-state index contributed by atoms with van der Waals surface area (Å²) in [5, 5.41) is 2.76. The number of methoxy groups -OCH3 is 1. The zero-order chi connectivity index (χ0) is 16.1. The van der Waals surface area contributed by atoms with Crippen LogP contribution in [-0.2, 0) is 4.74 Å². The van der Waals surface area contributed by atoms with Gasteiger partial charge in [0.1, 0.15) is 5.82 Å². The number of halogens is 1. The van der Waals surface area contributed by atoms with Gasteiger partial charge < -0.3 is 10.1 Å². The summed E-state index contributed by atoms with van der Waals surface area (Å²) in [5.74, 6) is -1.28. The van der Waals surface area contributed by atoms with Crippen molar-refractivity contribution in [2.24, 2.45) is 0 Å². The summed E-state index contributed by atoms with van der Waals surface area (Å²) in [6, 6.07) is 6.96. The van der Waals surface area contributed by atoms with Crippen molar-refractivity contribution >= 4 is 11.9 Å². The molecule has 114 valence electrons. The van der Waals surface area contributed by atoms with Crippen LogP contribution in [-0.4, -0.2) is 24.0 Å². The third kappa shape index (κ3) is 3.66. The predicted molar refractivity (Wildman–Crippen MR) is 77.9 cm³/mol. The molecule has 1 unspecified atom stereocenters. The van der Waals surface area contributed by atoms with Crippen molar-refractivity contribution in [2.45, 2.75) is 13.0 Å². The fourth-order valence-corrected chi connectivity index (χ4v) is 1.91. The summed E-state index contributed by atoms with van der Waals surface area (Å²) < 4.78 is 17.5. The Kier molecular flexibility index (Phi) is 4.83. The summed E-state index contributed by atoms with van der Waals surface area (Å²) in [7, 11) is 1.26. The number of esters is 1. The van der Waals surface area contributed by atoms with Crippen molar-refractivity contribution in [3.63, 3.8) is 0 Å². The zero-order valence-corrected chi connectivity index (χ0v) is 12.2. The van der Waals surface area contributed by atoms with Gasteiger partial charge in [-0.15, -0.1) is 0 Å². The lowest BCUT2D eigenvalue weighted by Crippen LogP contribution is -2.27. The lowest BCUT2D eigenvalue weighted by atomic mass is 10.1. The highest BCUT2D eigenvalue weighted by Gasteiger charge is 2.14. The lowest BCUT2D eigenvalue weighted by molar-refractivity contribution is 0.0600. The first-order valence-electron chi connectivity index (χ1n) is 6.61. The molecule has 0 saturated carbocycles. The molecule has 0 aliphatic heterocycles. The second-order valence-corrected chi connectivity index (χ2v) is 4.70. The van der Waals surface area contributed by atoms with Gasteiger partial charge in [-0.25, -0.2) is 9.18 Å². The highest BCUT2D eigenvalue weighted by Crippen LogP contribution is 2.14. The lowest BCUT2D eigenvalue weighted by Gasteiger charge is -2.14. The Hall–Kier alpha value is -2.76. The number of carbonyl (C=O) groups excluding carboxylic acids is 2. The second-order valence-electron chi connectivity index (χ2n) is 4.70. The smallest absolute Gasteiger partial charge is 0.339 e. The molecule has 1 aromatic carbocycles. The number of amides is 1. The maximum atomic E-state index is 12.9. The fourth-order valence-electron chi connectivity index (χ4n) is 1.91. The van der Waals surface area contributed by atoms with E-state index in [-0.39, 0.29) is 28.9 Å². The Morgan fingerprint density at radius 3 is 2.45 bits per heavy atom. The van der Waals surface area contributed by atoms with Crippen LogP contribution in [0.25, 0.3) is 0 Å². The number of benzene rings is 1. The number of hydrogen-bond acceptors (Lipinski definition) is 4. The van der Waals surface area contributed by atoms with Gasteiger partial charge in [-0.2, -0.15) is 0 Å². The SMILES string of the molecule is COC(=O)c1cncc(C(=O)NC(C)c2ccc(F)cc2)c1. The number of pyridine rings is 1. The van der Waals surface area contributed by atoms with Crippen molar-refractivity contribution < 1.29 is 18.7 Å². The molecule has 5 nitrogen and oxygen atoms in total. The molecule has 22 heavy (non-hydrogen) atoms. The molecular weight excluding hydrogens is 287 g/mol. The zero-order valence-electron chi connectivity index (χ0n) is 12.2. The van der Waals surface area contributed by atoms with E-state index in [1.807, 2.05) is 0 Å². The minimum atomic E-state index is -0.561. The molecule has 1 amide bonds. The summed E-state index contributed by atoms with van der Waals surface area (Å²) in [5.41, 5.74) is 1.22. The van der Waals surface area contributed by atoms with Crippen molar-refractivity contribution in [2.75, 3.05) is 7.11 Å². The third-order valence-electron chi connectivity index (χ3n) is 3.14. The van der Waals surface area contributed by atoms with Crippen LogP contribution in [0.1, 0.15) is 39.2 Å². The third-order valence-corrected chi connectivity index (χ3v) is 3.14. The number of nitrogens with one attached hydrogen (secondary N) is 1. The van der Waals surface area contributed by atoms with E-state index < -0.39 is 5.97 Å². The van der Waals surface area contributed by atoms with E-state index >= 15 is 0 Å². The number of ether oxygens (including phenoxy) is 1. The average Bonchev–Trinajstić information content (AvgIpc) is 2.54. The monoisotopic (exact) mass is 302 g/mol. The Labute approximate surface area is 127 Å². The van der Waals surface area contributed by atoms with Crippen LogP contribution >= 0.6 is 0 Å². The van der Waals surface area contributed by atoms with Gasteiger partial charge in [-0.3, -0.25) is 9.78 Å². The van der Waals surface area contributed by atoms with E-state index in [0.29, 0.717) is 0 Å². The molecule has 1 atom stereocenters. The van der Waals surface area contributed by atoms with Crippen LogP contribution in [0.15, 0.2) is 42.7 Å². The van der Waals surface area contributed by atoms with E-state index in [1.54, 1.807) is 19.1 Å². The maximum Gasteiger partial charge on any atom is 0.339 e. The van der Waals surface area contributed by atoms with Crippen molar-refractivity contribution in [1.82, 2.24) is 10.3 Å². The predicted octanol–water partition coefficient (Wildman–Crippen LogP) is 2.50. The van der Waals surface area contributed by atoms with Crippen molar-refractivity contribution in [3.05, 3.63) is 65.2 Å². The Morgan fingerprint density at radius 1 is 1.18 bits per heavy atom. The quantitative estimate of drug-likeness (QED) is 0.881. The van der Waals surface area contributed by atoms with E-state index in [0.717, 1.165) is 5.56 Å².